The third kappa shape index (κ3) is 14.4. The van der Waals surface area contributed by atoms with Crippen molar-refractivity contribution in [3.63, 3.8) is 0 Å². The second-order valence-corrected chi connectivity index (χ2v) is 6.37. The van der Waals surface area contributed by atoms with Crippen molar-refractivity contribution >= 4 is 0 Å². The van der Waals surface area contributed by atoms with Crippen LogP contribution in [0.2, 0.25) is 0 Å². The highest BCUT2D eigenvalue weighted by Gasteiger charge is 2.04. The molecule has 0 bridgehead atoms. The zero-order valence-electron chi connectivity index (χ0n) is 14.6. The number of nitrogens with zero attached hydrogens (tertiary/aromatic N) is 1. The lowest BCUT2D eigenvalue weighted by Crippen LogP contribution is -2.17. The molecule has 121 valence electrons. The molecular formula is C19H40N. The van der Waals surface area contributed by atoms with Crippen molar-refractivity contribution in [2.45, 2.75) is 104 Å². The van der Waals surface area contributed by atoms with Gasteiger partial charge < -0.3 is 0 Å². The molecule has 0 amide bonds. The second-order valence-electron chi connectivity index (χ2n) is 6.37. The number of hydrogen-bond acceptors (Lipinski definition) is 0. The first kappa shape index (κ1) is 20.0. The first-order chi connectivity index (χ1) is 9.85. The molecule has 0 N–H and O–H groups in total. The van der Waals surface area contributed by atoms with Crippen LogP contribution in [0.15, 0.2) is 0 Å². The highest BCUT2D eigenvalue weighted by atomic mass is 14.8. The highest BCUT2D eigenvalue weighted by molar-refractivity contribution is 4.60. The maximum Gasteiger partial charge on any atom is 0.0161 e. The maximum atomic E-state index is 4.73. The van der Waals surface area contributed by atoms with Gasteiger partial charge in [0.25, 0.3) is 0 Å². The van der Waals surface area contributed by atoms with Gasteiger partial charge in [-0.05, 0) is 18.8 Å². The van der Waals surface area contributed by atoms with E-state index in [0.29, 0.717) is 0 Å². The predicted molar refractivity (Wildman–Crippen MR) is 92.4 cm³/mol. The fourth-order valence-corrected chi connectivity index (χ4v) is 2.82. The Hall–Kier alpha value is -0.0400. The fourth-order valence-electron chi connectivity index (χ4n) is 2.82. The van der Waals surface area contributed by atoms with E-state index < -0.39 is 0 Å². The summed E-state index contributed by atoms with van der Waals surface area (Å²) in [5.74, 6) is 0.850. The topological polar surface area (TPSA) is 14.1 Å². The summed E-state index contributed by atoms with van der Waals surface area (Å²) in [5, 5.41) is 4.73. The Morgan fingerprint density at radius 3 is 1.70 bits per heavy atom. The van der Waals surface area contributed by atoms with E-state index in [1.165, 1.54) is 83.5 Å². The molecule has 0 aliphatic heterocycles. The standard InChI is InChI=1S/C19H40N/c1-4-7-8-9-10-11-12-13-14-15-17-20-18-19(6-3)16-5-2/h19H,4-18H2,1-3H3. The molecule has 0 aromatic rings. The molecule has 0 heterocycles. The van der Waals surface area contributed by atoms with Crippen molar-refractivity contribution in [2.75, 3.05) is 13.1 Å². The minimum Gasteiger partial charge on any atom is -0.242 e. The van der Waals surface area contributed by atoms with Crippen molar-refractivity contribution in [1.29, 1.82) is 0 Å². The van der Waals surface area contributed by atoms with Crippen molar-refractivity contribution in [3.05, 3.63) is 0 Å². The zero-order chi connectivity index (χ0) is 14.9. The lowest BCUT2D eigenvalue weighted by Gasteiger charge is -2.13. The Bertz CT molecular complexity index is 167. The zero-order valence-corrected chi connectivity index (χ0v) is 14.6. The summed E-state index contributed by atoms with van der Waals surface area (Å²) in [7, 11) is 0. The average Bonchev–Trinajstić information content (AvgIpc) is 2.47. The Kier molecular flexibility index (Phi) is 17.0. The summed E-state index contributed by atoms with van der Waals surface area (Å²) in [6, 6.07) is 0. The number of hydrogen-bond donors (Lipinski definition) is 0. The summed E-state index contributed by atoms with van der Waals surface area (Å²) in [6.07, 6.45) is 18.2. The van der Waals surface area contributed by atoms with E-state index in [2.05, 4.69) is 20.8 Å². The van der Waals surface area contributed by atoms with E-state index in [4.69, 9.17) is 5.32 Å². The van der Waals surface area contributed by atoms with Crippen molar-refractivity contribution in [1.82, 2.24) is 5.32 Å². The Balaban J connectivity index is 3.09. The van der Waals surface area contributed by atoms with Gasteiger partial charge >= 0.3 is 0 Å². The lowest BCUT2D eigenvalue weighted by atomic mass is 10.0. The molecule has 1 unspecified atom stereocenters. The Morgan fingerprint density at radius 2 is 1.20 bits per heavy atom. The number of rotatable bonds is 16. The molecule has 1 atom stereocenters. The minimum atomic E-state index is 0.850. The molecular weight excluding hydrogens is 242 g/mol. The molecule has 0 spiro atoms. The molecule has 0 saturated heterocycles. The SMILES string of the molecule is CCCCCCCCCCCC[N]CC(CC)CCC. The molecule has 0 aromatic carbocycles. The summed E-state index contributed by atoms with van der Waals surface area (Å²) < 4.78 is 0. The largest absolute Gasteiger partial charge is 0.242 e. The van der Waals surface area contributed by atoms with Crippen LogP contribution in [0.4, 0.5) is 0 Å². The van der Waals surface area contributed by atoms with Crippen LogP contribution in [0.1, 0.15) is 104 Å². The smallest absolute Gasteiger partial charge is 0.0161 e. The predicted octanol–water partition coefficient (Wildman–Crippen LogP) is 6.34. The molecule has 0 aliphatic rings. The van der Waals surface area contributed by atoms with Gasteiger partial charge in [0.15, 0.2) is 0 Å². The van der Waals surface area contributed by atoms with E-state index in [0.717, 1.165) is 19.0 Å². The normalized spacial score (nSPS) is 12.8. The molecule has 0 saturated carbocycles. The molecule has 0 rings (SSSR count). The maximum absolute atomic E-state index is 4.73. The van der Waals surface area contributed by atoms with Crippen LogP contribution >= 0.6 is 0 Å². The van der Waals surface area contributed by atoms with Crippen LogP contribution in [-0.4, -0.2) is 13.1 Å². The quantitative estimate of drug-likeness (QED) is 0.293. The van der Waals surface area contributed by atoms with Crippen LogP contribution in [0, 0.1) is 5.92 Å². The summed E-state index contributed by atoms with van der Waals surface area (Å²) in [5.41, 5.74) is 0. The van der Waals surface area contributed by atoms with E-state index in [1.807, 2.05) is 0 Å². The first-order valence-corrected chi connectivity index (χ1v) is 9.48. The molecule has 20 heavy (non-hydrogen) atoms. The summed E-state index contributed by atoms with van der Waals surface area (Å²) >= 11 is 0. The van der Waals surface area contributed by atoms with Crippen LogP contribution in [0.25, 0.3) is 0 Å². The first-order valence-electron chi connectivity index (χ1n) is 9.48. The van der Waals surface area contributed by atoms with E-state index >= 15 is 0 Å². The van der Waals surface area contributed by atoms with Crippen molar-refractivity contribution < 1.29 is 0 Å². The van der Waals surface area contributed by atoms with Gasteiger partial charge in [-0.15, -0.1) is 0 Å². The minimum absolute atomic E-state index is 0.850. The number of unbranched alkanes of at least 4 members (excludes halogenated alkanes) is 9. The molecule has 0 fully saturated rings. The average molecular weight is 283 g/mol. The van der Waals surface area contributed by atoms with E-state index in [9.17, 15) is 0 Å². The Morgan fingerprint density at radius 1 is 0.650 bits per heavy atom. The lowest BCUT2D eigenvalue weighted by molar-refractivity contribution is 0.419. The Labute approximate surface area is 129 Å². The van der Waals surface area contributed by atoms with E-state index in [1.54, 1.807) is 0 Å². The molecule has 1 radical (unpaired) electrons. The van der Waals surface area contributed by atoms with Crippen LogP contribution in [0.5, 0.6) is 0 Å². The molecule has 0 aliphatic carbocycles. The van der Waals surface area contributed by atoms with Crippen molar-refractivity contribution in [3.8, 4) is 0 Å². The van der Waals surface area contributed by atoms with Gasteiger partial charge in [-0.3, -0.25) is 0 Å². The van der Waals surface area contributed by atoms with Gasteiger partial charge in [-0.1, -0.05) is 91.4 Å². The van der Waals surface area contributed by atoms with Gasteiger partial charge in [-0.25, -0.2) is 5.32 Å². The van der Waals surface area contributed by atoms with Crippen molar-refractivity contribution in [2.24, 2.45) is 5.92 Å². The molecule has 1 heteroatoms. The third-order valence-electron chi connectivity index (χ3n) is 4.33. The highest BCUT2D eigenvalue weighted by Crippen LogP contribution is 2.11. The van der Waals surface area contributed by atoms with Gasteiger partial charge in [0.2, 0.25) is 0 Å². The molecule has 1 nitrogen and oxygen atoms in total. The van der Waals surface area contributed by atoms with Gasteiger partial charge in [0.05, 0.1) is 0 Å². The van der Waals surface area contributed by atoms with E-state index in [-0.39, 0.29) is 0 Å². The van der Waals surface area contributed by atoms with Gasteiger partial charge in [0.1, 0.15) is 0 Å². The summed E-state index contributed by atoms with van der Waals surface area (Å²) in [6.45, 7) is 9.09. The summed E-state index contributed by atoms with van der Waals surface area (Å²) in [4.78, 5) is 0. The van der Waals surface area contributed by atoms with Gasteiger partial charge in [0, 0.05) is 13.1 Å². The van der Waals surface area contributed by atoms with Crippen LogP contribution in [0.3, 0.4) is 0 Å². The third-order valence-corrected chi connectivity index (χ3v) is 4.33. The fraction of sp³-hybridized carbons (Fsp3) is 1.00. The molecule has 0 aromatic heterocycles. The van der Waals surface area contributed by atoms with Crippen LogP contribution in [-0.2, 0) is 0 Å². The second kappa shape index (κ2) is 17.0. The monoisotopic (exact) mass is 282 g/mol. The van der Waals surface area contributed by atoms with Gasteiger partial charge in [-0.2, -0.15) is 0 Å². The van der Waals surface area contributed by atoms with Crippen LogP contribution < -0.4 is 5.32 Å².